The van der Waals surface area contributed by atoms with Crippen molar-refractivity contribution < 1.29 is 90.1 Å². The van der Waals surface area contributed by atoms with Gasteiger partial charge in [-0.05, 0) is 91.8 Å². The van der Waals surface area contributed by atoms with Crippen molar-refractivity contribution in [3.8, 4) is 0 Å². The van der Waals surface area contributed by atoms with Crippen LogP contribution in [-0.4, -0.2) is 155 Å². The number of carbonyl (C=O) groups is 7. The second-order valence-electron chi connectivity index (χ2n) is 19.7. The quantitative estimate of drug-likeness (QED) is 0.0316. The number of carbonyl (C=O) groups excluding carboxylic acids is 7. The van der Waals surface area contributed by atoms with Crippen molar-refractivity contribution in [3.63, 3.8) is 0 Å². The number of aliphatic hydroxyl groups is 3. The molecule has 23 heteroatoms. The molecule has 0 aliphatic carbocycles. The third-order valence-electron chi connectivity index (χ3n) is 13.3. The number of hydrogen-bond acceptors (Lipinski definition) is 15. The molecule has 2 unspecified atom stereocenters. The van der Waals surface area contributed by atoms with Crippen molar-refractivity contribution in [1.29, 1.82) is 0 Å². The van der Waals surface area contributed by atoms with Gasteiger partial charge in [0.15, 0.2) is 53.8 Å². The highest BCUT2D eigenvalue weighted by atomic mass is 19.2. The van der Waals surface area contributed by atoms with Crippen molar-refractivity contribution >= 4 is 41.5 Å². The fourth-order valence-corrected chi connectivity index (χ4v) is 8.59. The van der Waals surface area contributed by atoms with Gasteiger partial charge in [-0.1, -0.05) is 85.8 Å². The van der Waals surface area contributed by atoms with Crippen LogP contribution in [0.4, 0.5) is 17.6 Å². The third-order valence-corrected chi connectivity index (χ3v) is 13.3. The minimum absolute atomic E-state index is 0. The molecule has 0 bridgehead atoms. The van der Waals surface area contributed by atoms with E-state index < -0.39 is 126 Å². The molecule has 0 radical (unpaired) electrons. The number of esters is 3. The molecule has 5 N–H and O–H groups in total. The lowest BCUT2D eigenvalue weighted by Crippen LogP contribution is -2.58. The number of hydrogen-bond donors (Lipinski definition) is 5. The van der Waals surface area contributed by atoms with Crippen molar-refractivity contribution in [2.24, 2.45) is 11.8 Å². The maximum Gasteiger partial charge on any atom is 0.303 e. The molecule has 2 fully saturated rings. The predicted octanol–water partition coefficient (Wildman–Crippen LogP) is 6.31. The molecule has 0 saturated carbocycles. The van der Waals surface area contributed by atoms with Crippen molar-refractivity contribution in [1.82, 2.24) is 20.4 Å². The van der Waals surface area contributed by atoms with Crippen molar-refractivity contribution in [2.75, 3.05) is 27.3 Å². The molecule has 2 aliphatic rings. The second-order valence-corrected chi connectivity index (χ2v) is 19.7. The minimum atomic E-state index is -1.75. The van der Waals surface area contributed by atoms with Crippen LogP contribution in [0, 0.1) is 35.1 Å². The number of allylic oxidation sites excluding steroid dienone is 2. The molecular formula is C58H86F4N4O15. The maximum atomic E-state index is 13.8. The molecule has 4 amide bonds. The SMILES string of the molecule is C.C.CCC(C)/C=C/[C@@H](O)[C@H](O)[C@@H](O)[C@@H](OC)C(=O)N[C@H]1CCCCN(Cc2ccc(F)c(F)c2)C1=O.CCC(C)/C=C/[C@@H](OC(C)=O)[C@H](OC(C)=O)[C@@H](OC(C)=O)[C@@H](OC)C(=O)N[C@H]1CCCCN(Cc2ccc(F)c(F)c2)C1=O. The fourth-order valence-electron chi connectivity index (χ4n) is 8.59. The normalized spacial score (nSPS) is 19.5. The van der Waals surface area contributed by atoms with Crippen LogP contribution in [-0.2, 0) is 70.3 Å². The van der Waals surface area contributed by atoms with E-state index >= 15 is 0 Å². The Labute approximate surface area is 473 Å². The number of methoxy groups -OCH3 is 2. The first-order valence-corrected chi connectivity index (χ1v) is 26.4. The molecule has 4 rings (SSSR count). The number of amides is 4. The van der Waals surface area contributed by atoms with Gasteiger partial charge in [0.05, 0.1) is 0 Å². The number of nitrogens with zero attached hydrogens (tertiary/aromatic N) is 2. The van der Waals surface area contributed by atoms with E-state index in [1.807, 2.05) is 27.7 Å². The number of ether oxygens (including phenoxy) is 5. The standard InChI is InChI=1S/C31H42F2N2O9.C25H36F2N2O6.2CH4/c1-7-18(2)11-14-26(42-19(3)36)27(43-20(4)37)28(44-21(5)38)29(41-6)30(39)34-25-10-8-9-15-35(31(25)40)17-22-12-13-23(32)24(33)16-22;1-4-15(2)8-11-20(30)21(31)22(32)23(35-3)24(33)28-19-7-5-6-12-29(25(19)34)14-16-9-10-17(26)18(27)13-16;;/h11-14,16,18,25-29H,7-10,15,17H2,1-6H3,(H,34,39);8-11,13,15,19-23,30-32H,4-7,12,14H2,1-3H3,(H,28,33);2*1H4/b14-11+;11-8+;;/t18?,25-,26+,27-,28+,29+;15?,19-,20+,21-,22+,23+;;/m00../s1. The molecule has 456 valence electrons. The van der Waals surface area contributed by atoms with Gasteiger partial charge < -0.3 is 59.4 Å². The summed E-state index contributed by atoms with van der Waals surface area (Å²) in [4.78, 5) is 92.3. The topological polar surface area (TPSA) is 257 Å². The molecule has 81 heavy (non-hydrogen) atoms. The Morgan fingerprint density at radius 2 is 1.00 bits per heavy atom. The molecule has 2 aromatic carbocycles. The summed E-state index contributed by atoms with van der Waals surface area (Å²) in [6, 6.07) is 4.83. The van der Waals surface area contributed by atoms with Gasteiger partial charge in [-0.2, -0.15) is 0 Å². The van der Waals surface area contributed by atoms with Gasteiger partial charge in [0.2, 0.25) is 11.8 Å². The van der Waals surface area contributed by atoms with Gasteiger partial charge in [0.1, 0.15) is 30.4 Å². The predicted molar refractivity (Wildman–Crippen MR) is 292 cm³/mol. The van der Waals surface area contributed by atoms with E-state index in [9.17, 15) is 66.4 Å². The van der Waals surface area contributed by atoms with Crippen molar-refractivity contribution in [3.05, 3.63) is 95.1 Å². The molecule has 2 aliphatic heterocycles. The van der Waals surface area contributed by atoms with E-state index in [-0.39, 0.29) is 46.2 Å². The summed E-state index contributed by atoms with van der Waals surface area (Å²) in [7, 11) is 2.34. The summed E-state index contributed by atoms with van der Waals surface area (Å²) in [6.45, 7) is 11.8. The lowest BCUT2D eigenvalue weighted by molar-refractivity contribution is -0.192. The summed E-state index contributed by atoms with van der Waals surface area (Å²) in [5.74, 6) is -8.70. The highest BCUT2D eigenvalue weighted by molar-refractivity contribution is 5.91. The number of nitrogens with one attached hydrogen (secondary N) is 2. The summed E-state index contributed by atoms with van der Waals surface area (Å²) < 4.78 is 80.9. The van der Waals surface area contributed by atoms with E-state index in [2.05, 4.69) is 10.6 Å². The maximum absolute atomic E-state index is 13.8. The van der Waals surface area contributed by atoms with Crippen LogP contribution in [0.5, 0.6) is 0 Å². The van der Waals surface area contributed by atoms with Gasteiger partial charge in [-0.15, -0.1) is 0 Å². The molecule has 2 heterocycles. The molecule has 12 atom stereocenters. The van der Waals surface area contributed by atoms with E-state index in [1.165, 1.54) is 48.3 Å². The number of halogens is 4. The van der Waals surface area contributed by atoms with Crippen LogP contribution in [0.1, 0.15) is 126 Å². The van der Waals surface area contributed by atoms with Gasteiger partial charge in [-0.3, -0.25) is 33.6 Å². The van der Waals surface area contributed by atoms with Gasteiger partial charge in [0, 0.05) is 61.2 Å². The second kappa shape index (κ2) is 36.2. The van der Waals surface area contributed by atoms with Crippen LogP contribution < -0.4 is 10.6 Å². The molecule has 19 nitrogen and oxygen atoms in total. The van der Waals surface area contributed by atoms with Crippen LogP contribution in [0.25, 0.3) is 0 Å². The Morgan fingerprint density at radius 3 is 1.40 bits per heavy atom. The van der Waals surface area contributed by atoms with Gasteiger partial charge >= 0.3 is 17.9 Å². The molecule has 2 aromatic rings. The van der Waals surface area contributed by atoms with Crippen LogP contribution in [0.2, 0.25) is 0 Å². The number of likely N-dealkylation sites (tertiary alicyclic amines) is 2. The van der Waals surface area contributed by atoms with Gasteiger partial charge in [0.25, 0.3) is 11.8 Å². The zero-order valence-corrected chi connectivity index (χ0v) is 46.3. The Kier molecular flexibility index (Phi) is 32.6. The molecular weight excluding hydrogens is 1070 g/mol. The van der Waals surface area contributed by atoms with Crippen LogP contribution in [0.15, 0.2) is 60.7 Å². The van der Waals surface area contributed by atoms with E-state index in [0.717, 1.165) is 57.9 Å². The van der Waals surface area contributed by atoms with Gasteiger partial charge in [-0.25, -0.2) is 17.6 Å². The average Bonchev–Trinajstić information content (AvgIpc) is 3.67. The van der Waals surface area contributed by atoms with E-state index in [4.69, 9.17) is 23.7 Å². The summed E-state index contributed by atoms with van der Waals surface area (Å²) >= 11 is 0. The number of aliphatic hydroxyl groups excluding tert-OH is 3. The highest BCUT2D eigenvalue weighted by Crippen LogP contribution is 2.24. The lowest BCUT2D eigenvalue weighted by atomic mass is 9.98. The zero-order chi connectivity index (χ0) is 59.1. The minimum Gasteiger partial charge on any atom is -0.455 e. The first-order chi connectivity index (χ1) is 37.3. The largest absolute Gasteiger partial charge is 0.455 e. The smallest absolute Gasteiger partial charge is 0.303 e. The van der Waals surface area contributed by atoms with Crippen molar-refractivity contribution in [2.45, 2.75) is 189 Å². The Balaban J connectivity index is 0.000000810. The Morgan fingerprint density at radius 1 is 0.593 bits per heavy atom. The highest BCUT2D eigenvalue weighted by Gasteiger charge is 2.45. The first-order valence-electron chi connectivity index (χ1n) is 26.4. The Hall–Kier alpha value is -6.27. The average molecular weight is 1160 g/mol. The van der Waals surface area contributed by atoms with Crippen LogP contribution >= 0.6 is 0 Å². The summed E-state index contributed by atoms with van der Waals surface area (Å²) in [5.41, 5.74) is 0.789. The molecule has 0 aromatic heterocycles. The summed E-state index contributed by atoms with van der Waals surface area (Å²) in [5, 5.41) is 36.2. The number of benzene rings is 2. The first kappa shape index (κ1) is 72.7. The summed E-state index contributed by atoms with van der Waals surface area (Å²) in [6.07, 6.45) is -1.40. The van der Waals surface area contributed by atoms with E-state index in [0.29, 0.717) is 56.3 Å². The van der Waals surface area contributed by atoms with E-state index in [1.54, 1.807) is 12.2 Å². The lowest BCUT2D eigenvalue weighted by Gasteiger charge is -2.34. The van der Waals surface area contributed by atoms with Crippen LogP contribution in [0.3, 0.4) is 0 Å². The monoisotopic (exact) mass is 1150 g/mol. The molecule has 0 spiro atoms. The molecule has 2 saturated heterocycles. The fraction of sp³-hybridized carbons (Fsp3) is 0.603. The number of rotatable bonds is 25. The Bertz CT molecular complexity index is 2410. The zero-order valence-electron chi connectivity index (χ0n) is 46.3. The third kappa shape index (κ3) is 23.3.